The summed E-state index contributed by atoms with van der Waals surface area (Å²) in [4.78, 5) is 32.4. The third-order valence-corrected chi connectivity index (χ3v) is 1.48. The summed E-state index contributed by atoms with van der Waals surface area (Å²) in [5.74, 6) is -4.95. The SMILES string of the molecule is C=CC(O)(OC(C)=O)C(OC(C)=O)OC(C)=O. The van der Waals surface area contributed by atoms with Crippen molar-refractivity contribution in [3.8, 4) is 0 Å². The van der Waals surface area contributed by atoms with E-state index in [4.69, 9.17) is 0 Å². The van der Waals surface area contributed by atoms with E-state index in [0.29, 0.717) is 0 Å². The number of hydrogen-bond donors (Lipinski definition) is 1. The molecule has 1 unspecified atom stereocenters. The van der Waals surface area contributed by atoms with Crippen molar-refractivity contribution in [1.29, 1.82) is 0 Å². The largest absolute Gasteiger partial charge is 0.421 e. The summed E-state index contributed by atoms with van der Waals surface area (Å²) in [6, 6.07) is 0. The lowest BCUT2D eigenvalue weighted by atomic mass is 10.2. The van der Waals surface area contributed by atoms with Crippen molar-refractivity contribution in [3.63, 3.8) is 0 Å². The predicted octanol–water partition coefficient (Wildman–Crippen LogP) is -0.124. The summed E-state index contributed by atoms with van der Waals surface area (Å²) in [5.41, 5.74) is 0. The molecule has 0 heterocycles. The molecule has 1 atom stereocenters. The van der Waals surface area contributed by atoms with Gasteiger partial charge in [-0.1, -0.05) is 6.58 Å². The first-order valence-electron chi connectivity index (χ1n) is 4.61. The first-order chi connectivity index (χ1) is 7.71. The van der Waals surface area contributed by atoms with E-state index in [0.717, 1.165) is 26.8 Å². The highest BCUT2D eigenvalue weighted by molar-refractivity contribution is 5.69. The number of esters is 3. The molecule has 0 aliphatic heterocycles. The first kappa shape index (κ1) is 15.1. The average Bonchev–Trinajstić information content (AvgIpc) is 2.14. The first-order valence-corrected chi connectivity index (χ1v) is 4.61. The van der Waals surface area contributed by atoms with Gasteiger partial charge in [-0.05, 0) is 6.08 Å². The second kappa shape index (κ2) is 6.00. The second-order valence-electron chi connectivity index (χ2n) is 3.10. The van der Waals surface area contributed by atoms with E-state index in [1.54, 1.807) is 0 Å². The number of ether oxygens (including phenoxy) is 3. The molecule has 7 nitrogen and oxygen atoms in total. The van der Waals surface area contributed by atoms with Crippen molar-refractivity contribution in [3.05, 3.63) is 12.7 Å². The second-order valence-corrected chi connectivity index (χ2v) is 3.10. The van der Waals surface area contributed by atoms with Gasteiger partial charge in [-0.2, -0.15) is 0 Å². The molecule has 0 saturated heterocycles. The predicted molar refractivity (Wildman–Crippen MR) is 54.2 cm³/mol. The molecule has 0 saturated carbocycles. The zero-order chi connectivity index (χ0) is 13.6. The Kier molecular flexibility index (Phi) is 5.33. The maximum atomic E-state index is 10.8. The van der Waals surface area contributed by atoms with E-state index in [1.807, 2.05) is 0 Å². The van der Waals surface area contributed by atoms with Crippen molar-refractivity contribution >= 4 is 17.9 Å². The molecule has 0 fully saturated rings. The van der Waals surface area contributed by atoms with Crippen molar-refractivity contribution < 1.29 is 33.7 Å². The van der Waals surface area contributed by atoms with Crippen molar-refractivity contribution in [2.45, 2.75) is 32.8 Å². The average molecular weight is 246 g/mol. The number of carbonyl (C=O) groups excluding carboxylic acids is 3. The highest BCUT2D eigenvalue weighted by atomic mass is 16.8. The van der Waals surface area contributed by atoms with Crippen LogP contribution in [0.3, 0.4) is 0 Å². The summed E-state index contributed by atoms with van der Waals surface area (Å²) in [7, 11) is 0. The third kappa shape index (κ3) is 5.12. The lowest BCUT2D eigenvalue weighted by molar-refractivity contribution is -0.284. The lowest BCUT2D eigenvalue weighted by Crippen LogP contribution is -2.48. The van der Waals surface area contributed by atoms with E-state index in [2.05, 4.69) is 20.8 Å². The quantitative estimate of drug-likeness (QED) is 0.410. The summed E-state index contributed by atoms with van der Waals surface area (Å²) in [6.45, 7) is 6.30. The number of aliphatic hydroxyl groups is 1. The maximum Gasteiger partial charge on any atom is 0.316 e. The lowest BCUT2D eigenvalue weighted by Gasteiger charge is -2.30. The molecule has 0 amide bonds. The standard InChI is InChI=1S/C10H14O7/c1-5-10(14,17-8(4)13)9(15-6(2)11)16-7(3)12/h5,9,14H,1H2,2-4H3. The van der Waals surface area contributed by atoms with E-state index in [9.17, 15) is 19.5 Å². The van der Waals surface area contributed by atoms with Gasteiger partial charge in [0.05, 0.1) is 0 Å². The van der Waals surface area contributed by atoms with Gasteiger partial charge in [0, 0.05) is 20.8 Å². The van der Waals surface area contributed by atoms with Gasteiger partial charge in [0.2, 0.25) is 0 Å². The highest BCUT2D eigenvalue weighted by Crippen LogP contribution is 2.19. The van der Waals surface area contributed by atoms with Gasteiger partial charge in [-0.3, -0.25) is 14.4 Å². The van der Waals surface area contributed by atoms with Crippen LogP contribution in [0.1, 0.15) is 20.8 Å². The molecule has 0 aromatic rings. The van der Waals surface area contributed by atoms with Gasteiger partial charge in [-0.25, -0.2) is 0 Å². The zero-order valence-electron chi connectivity index (χ0n) is 9.76. The molecule has 0 radical (unpaired) electrons. The van der Waals surface area contributed by atoms with Gasteiger partial charge >= 0.3 is 30.0 Å². The van der Waals surface area contributed by atoms with Crippen LogP contribution in [0.25, 0.3) is 0 Å². The summed E-state index contributed by atoms with van der Waals surface area (Å²) in [5, 5.41) is 9.83. The molecule has 17 heavy (non-hydrogen) atoms. The number of hydrogen-bond acceptors (Lipinski definition) is 7. The third-order valence-electron chi connectivity index (χ3n) is 1.48. The summed E-state index contributed by atoms with van der Waals surface area (Å²) >= 11 is 0. The van der Waals surface area contributed by atoms with Crippen LogP contribution in [-0.2, 0) is 28.6 Å². The molecule has 1 N–H and O–H groups in total. The molecule has 0 bridgehead atoms. The molecule has 0 aliphatic carbocycles. The van der Waals surface area contributed by atoms with Gasteiger partial charge in [0.1, 0.15) is 0 Å². The zero-order valence-corrected chi connectivity index (χ0v) is 9.76. The van der Waals surface area contributed by atoms with Crippen LogP contribution < -0.4 is 0 Å². The summed E-state index contributed by atoms with van der Waals surface area (Å²) < 4.78 is 13.6. The molecule has 0 aromatic carbocycles. The molecule has 0 spiro atoms. The Morgan fingerprint density at radius 3 is 1.76 bits per heavy atom. The van der Waals surface area contributed by atoms with Crippen LogP contribution in [-0.4, -0.2) is 35.1 Å². The van der Waals surface area contributed by atoms with Gasteiger partial charge in [-0.15, -0.1) is 0 Å². The smallest absolute Gasteiger partial charge is 0.316 e. The minimum Gasteiger partial charge on any atom is -0.421 e. The fourth-order valence-corrected chi connectivity index (χ4v) is 0.911. The Labute approximate surface area is 98.0 Å². The number of carbonyl (C=O) groups is 3. The van der Waals surface area contributed by atoms with Crippen molar-refractivity contribution in [1.82, 2.24) is 0 Å². The Bertz CT molecular complexity index is 320. The Hall–Kier alpha value is -1.89. The fraction of sp³-hybridized carbons (Fsp3) is 0.500. The van der Waals surface area contributed by atoms with Crippen LogP contribution in [0.5, 0.6) is 0 Å². The van der Waals surface area contributed by atoms with Gasteiger partial charge in [0.25, 0.3) is 0 Å². The van der Waals surface area contributed by atoms with Gasteiger partial charge < -0.3 is 19.3 Å². The molecular formula is C10H14O7. The van der Waals surface area contributed by atoms with Crippen molar-refractivity contribution in [2.75, 3.05) is 0 Å². The van der Waals surface area contributed by atoms with Crippen LogP contribution in [0, 0.1) is 0 Å². The topological polar surface area (TPSA) is 99.1 Å². The summed E-state index contributed by atoms with van der Waals surface area (Å²) in [6.07, 6.45) is -1.02. The molecule has 0 aromatic heterocycles. The molecule has 0 rings (SSSR count). The highest BCUT2D eigenvalue weighted by Gasteiger charge is 2.43. The van der Waals surface area contributed by atoms with E-state index in [1.165, 1.54) is 0 Å². The Morgan fingerprint density at radius 1 is 1.12 bits per heavy atom. The number of rotatable bonds is 5. The van der Waals surface area contributed by atoms with Crippen molar-refractivity contribution in [2.24, 2.45) is 0 Å². The fourth-order valence-electron chi connectivity index (χ4n) is 0.911. The Balaban J connectivity index is 5.06. The maximum absolute atomic E-state index is 10.8. The minimum atomic E-state index is -2.43. The van der Waals surface area contributed by atoms with Crippen LogP contribution in [0.2, 0.25) is 0 Å². The van der Waals surface area contributed by atoms with E-state index in [-0.39, 0.29) is 0 Å². The Morgan fingerprint density at radius 2 is 1.53 bits per heavy atom. The molecule has 0 aliphatic rings. The molecule has 96 valence electrons. The molecular weight excluding hydrogens is 232 g/mol. The molecule has 7 heteroatoms. The van der Waals surface area contributed by atoms with E-state index >= 15 is 0 Å². The van der Waals surface area contributed by atoms with Gasteiger partial charge in [0.15, 0.2) is 0 Å². The van der Waals surface area contributed by atoms with E-state index < -0.39 is 30.0 Å². The normalized spacial score (nSPS) is 13.5. The monoisotopic (exact) mass is 246 g/mol. The van der Waals surface area contributed by atoms with Crippen LogP contribution in [0.4, 0.5) is 0 Å². The minimum absolute atomic E-state index is 0.783. The van der Waals surface area contributed by atoms with Crippen LogP contribution in [0.15, 0.2) is 12.7 Å². The van der Waals surface area contributed by atoms with Crippen LogP contribution >= 0.6 is 0 Å².